The highest BCUT2D eigenvalue weighted by atomic mass is 15.3. The number of aromatic nitrogens is 3. The number of nitrogens with one attached hydrogen (secondary N) is 1. The molecule has 0 saturated carbocycles. The van der Waals surface area contributed by atoms with Gasteiger partial charge in [0.15, 0.2) is 0 Å². The second kappa shape index (κ2) is 8.40. The van der Waals surface area contributed by atoms with Gasteiger partial charge in [-0.15, -0.1) is 10.2 Å². The molecule has 5 nitrogen and oxygen atoms in total. The molecular weight excluding hydrogens is 298 g/mol. The van der Waals surface area contributed by atoms with Crippen molar-refractivity contribution in [1.82, 2.24) is 25.0 Å². The first kappa shape index (κ1) is 17.1. The summed E-state index contributed by atoms with van der Waals surface area (Å²) in [6, 6.07) is 12.0. The normalized spacial score (nSPS) is 17.9. The van der Waals surface area contributed by atoms with Crippen LogP contribution in [0.1, 0.15) is 38.1 Å². The number of piperidine rings is 1. The van der Waals surface area contributed by atoms with E-state index in [9.17, 15) is 0 Å². The molecule has 2 aromatic rings. The van der Waals surface area contributed by atoms with Crippen LogP contribution in [0, 0.1) is 0 Å². The van der Waals surface area contributed by atoms with Gasteiger partial charge in [0.1, 0.15) is 12.2 Å². The van der Waals surface area contributed by atoms with Crippen molar-refractivity contribution in [1.29, 1.82) is 0 Å². The van der Waals surface area contributed by atoms with Gasteiger partial charge >= 0.3 is 0 Å². The summed E-state index contributed by atoms with van der Waals surface area (Å²) in [5.41, 5.74) is 1.43. The van der Waals surface area contributed by atoms with Gasteiger partial charge in [-0.25, -0.2) is 0 Å². The molecule has 0 unspecified atom stereocenters. The minimum atomic E-state index is 0.590. The van der Waals surface area contributed by atoms with Crippen molar-refractivity contribution in [3.8, 4) is 0 Å². The van der Waals surface area contributed by atoms with Crippen molar-refractivity contribution in [3.05, 3.63) is 48.0 Å². The molecule has 0 bridgehead atoms. The van der Waals surface area contributed by atoms with E-state index in [2.05, 4.69) is 69.2 Å². The largest absolute Gasteiger partial charge is 0.317 e. The van der Waals surface area contributed by atoms with Crippen LogP contribution in [0.2, 0.25) is 0 Å². The number of hydrogen-bond donors (Lipinski definition) is 1. The summed E-state index contributed by atoms with van der Waals surface area (Å²) in [5.74, 6) is 1.04. The average molecular weight is 327 g/mol. The van der Waals surface area contributed by atoms with Crippen LogP contribution >= 0.6 is 0 Å². The fourth-order valence-electron chi connectivity index (χ4n) is 3.54. The topological polar surface area (TPSA) is 46.0 Å². The monoisotopic (exact) mass is 327 g/mol. The molecule has 5 heteroatoms. The molecule has 1 aromatic carbocycles. The highest BCUT2D eigenvalue weighted by Gasteiger charge is 2.22. The van der Waals surface area contributed by atoms with Crippen LogP contribution in [0.25, 0.3) is 0 Å². The van der Waals surface area contributed by atoms with Crippen molar-refractivity contribution in [3.63, 3.8) is 0 Å². The third-order valence-corrected chi connectivity index (χ3v) is 5.11. The Morgan fingerprint density at radius 1 is 1.21 bits per heavy atom. The first-order valence-electron chi connectivity index (χ1n) is 9.14. The molecule has 0 spiro atoms. The molecule has 1 atom stereocenters. The van der Waals surface area contributed by atoms with Gasteiger partial charge in [0.25, 0.3) is 0 Å². The lowest BCUT2D eigenvalue weighted by Gasteiger charge is -2.36. The zero-order valence-electron chi connectivity index (χ0n) is 14.9. The molecule has 130 valence electrons. The highest BCUT2D eigenvalue weighted by molar-refractivity contribution is 5.15. The Bertz CT molecular complexity index is 601. The van der Waals surface area contributed by atoms with Crippen molar-refractivity contribution >= 4 is 0 Å². The van der Waals surface area contributed by atoms with Crippen LogP contribution in [-0.2, 0) is 19.5 Å². The maximum atomic E-state index is 4.20. The van der Waals surface area contributed by atoms with Gasteiger partial charge in [-0.05, 0) is 51.8 Å². The van der Waals surface area contributed by atoms with Gasteiger partial charge in [-0.2, -0.15) is 0 Å². The number of benzene rings is 1. The van der Waals surface area contributed by atoms with E-state index in [4.69, 9.17) is 0 Å². The second-order valence-corrected chi connectivity index (χ2v) is 6.76. The zero-order valence-corrected chi connectivity index (χ0v) is 14.9. The Morgan fingerprint density at radius 2 is 1.96 bits per heavy atom. The maximum absolute atomic E-state index is 4.20. The Kier molecular flexibility index (Phi) is 5.99. The summed E-state index contributed by atoms with van der Waals surface area (Å²) in [5, 5.41) is 11.9. The molecule has 2 heterocycles. The number of nitrogens with zero attached hydrogens (tertiary/aromatic N) is 4. The summed E-state index contributed by atoms with van der Waals surface area (Å²) < 4.78 is 2.10. The fraction of sp³-hybridized carbons (Fsp3) is 0.579. The summed E-state index contributed by atoms with van der Waals surface area (Å²) in [4.78, 5) is 2.62. The lowest BCUT2D eigenvalue weighted by Crippen LogP contribution is -2.46. The number of hydrogen-bond acceptors (Lipinski definition) is 4. The van der Waals surface area contributed by atoms with Gasteiger partial charge in [0.2, 0.25) is 0 Å². The lowest BCUT2D eigenvalue weighted by molar-refractivity contribution is 0.150. The van der Waals surface area contributed by atoms with E-state index in [0.29, 0.717) is 12.1 Å². The molecule has 3 rings (SSSR count). The van der Waals surface area contributed by atoms with Crippen molar-refractivity contribution < 1.29 is 0 Å². The van der Waals surface area contributed by atoms with E-state index in [1.54, 1.807) is 0 Å². The van der Waals surface area contributed by atoms with E-state index in [1.807, 2.05) is 6.33 Å². The van der Waals surface area contributed by atoms with Gasteiger partial charge in [0, 0.05) is 18.6 Å². The first-order valence-corrected chi connectivity index (χ1v) is 9.14. The quantitative estimate of drug-likeness (QED) is 0.849. The number of likely N-dealkylation sites (tertiary alicyclic amines) is 1. The SMILES string of the molecule is CCn1cnnc1CNC1CCN([C@@H](C)Cc2ccccc2)CC1. The summed E-state index contributed by atoms with van der Waals surface area (Å²) in [6.45, 7) is 8.57. The third-order valence-electron chi connectivity index (χ3n) is 5.11. The van der Waals surface area contributed by atoms with Gasteiger partial charge in [-0.1, -0.05) is 30.3 Å². The first-order chi connectivity index (χ1) is 11.8. The fourth-order valence-corrected chi connectivity index (χ4v) is 3.54. The van der Waals surface area contributed by atoms with E-state index < -0.39 is 0 Å². The third kappa shape index (κ3) is 4.42. The average Bonchev–Trinajstić information content (AvgIpc) is 3.09. The van der Waals surface area contributed by atoms with Crippen LogP contribution in [0.15, 0.2) is 36.7 Å². The van der Waals surface area contributed by atoms with Crippen LogP contribution in [0.3, 0.4) is 0 Å². The Balaban J connectivity index is 1.42. The Hall–Kier alpha value is -1.72. The number of rotatable bonds is 7. The van der Waals surface area contributed by atoms with E-state index >= 15 is 0 Å². The molecule has 1 N–H and O–H groups in total. The van der Waals surface area contributed by atoms with Crippen molar-refractivity contribution in [2.24, 2.45) is 0 Å². The van der Waals surface area contributed by atoms with Gasteiger partial charge < -0.3 is 14.8 Å². The zero-order chi connectivity index (χ0) is 16.8. The Morgan fingerprint density at radius 3 is 2.67 bits per heavy atom. The smallest absolute Gasteiger partial charge is 0.146 e. The minimum Gasteiger partial charge on any atom is -0.317 e. The molecule has 24 heavy (non-hydrogen) atoms. The molecule has 1 aromatic heterocycles. The predicted octanol–water partition coefficient (Wildman–Crippen LogP) is 2.48. The number of aryl methyl sites for hydroxylation is 1. The van der Waals surface area contributed by atoms with E-state index in [0.717, 1.165) is 25.3 Å². The van der Waals surface area contributed by atoms with Crippen molar-refractivity contribution in [2.45, 2.75) is 58.3 Å². The van der Waals surface area contributed by atoms with E-state index in [-0.39, 0.29) is 0 Å². The summed E-state index contributed by atoms with van der Waals surface area (Å²) in [7, 11) is 0. The van der Waals surface area contributed by atoms with Gasteiger partial charge in [0.05, 0.1) is 6.54 Å². The Labute approximate surface area is 145 Å². The molecule has 1 aliphatic heterocycles. The van der Waals surface area contributed by atoms with Crippen LogP contribution in [0.4, 0.5) is 0 Å². The minimum absolute atomic E-state index is 0.590. The predicted molar refractivity (Wildman–Crippen MR) is 96.7 cm³/mol. The lowest BCUT2D eigenvalue weighted by atomic mass is 10.00. The molecule has 1 aliphatic rings. The van der Waals surface area contributed by atoms with Crippen LogP contribution in [-0.4, -0.2) is 44.8 Å². The molecule has 1 fully saturated rings. The second-order valence-electron chi connectivity index (χ2n) is 6.76. The highest BCUT2D eigenvalue weighted by Crippen LogP contribution is 2.16. The van der Waals surface area contributed by atoms with Crippen molar-refractivity contribution in [2.75, 3.05) is 13.1 Å². The standard InChI is InChI=1S/C19H29N5/c1-3-23-15-21-22-19(23)14-20-18-9-11-24(12-10-18)16(2)13-17-7-5-4-6-8-17/h4-8,15-16,18,20H,3,9-14H2,1-2H3/t16-/m0/s1. The van der Waals surface area contributed by atoms with E-state index in [1.165, 1.54) is 31.5 Å². The molecule has 0 aliphatic carbocycles. The molecule has 0 radical (unpaired) electrons. The summed E-state index contributed by atoms with van der Waals surface area (Å²) >= 11 is 0. The maximum Gasteiger partial charge on any atom is 0.146 e. The molecular formula is C19H29N5. The van der Waals surface area contributed by atoms with Crippen LogP contribution in [0.5, 0.6) is 0 Å². The van der Waals surface area contributed by atoms with Crippen LogP contribution < -0.4 is 5.32 Å². The van der Waals surface area contributed by atoms with Gasteiger partial charge in [-0.3, -0.25) is 0 Å². The molecule has 0 amide bonds. The summed E-state index contributed by atoms with van der Waals surface area (Å²) in [6.07, 6.45) is 5.36. The molecule has 1 saturated heterocycles.